The fraction of sp³-hybridized carbons (Fsp3) is 0.368. The average Bonchev–Trinajstić information content (AvgIpc) is 2.97. The molecule has 3 rings (SSSR count). The lowest BCUT2D eigenvalue weighted by Crippen LogP contribution is -2.29. The van der Waals surface area contributed by atoms with Gasteiger partial charge in [0, 0.05) is 12.0 Å². The summed E-state index contributed by atoms with van der Waals surface area (Å²) in [5.41, 5.74) is 5.52. The summed E-state index contributed by atoms with van der Waals surface area (Å²) in [6.45, 7) is 5.45. The zero-order valence-corrected chi connectivity index (χ0v) is 12.4. The molecule has 0 radical (unpaired) electrons. The first-order valence-electron chi connectivity index (χ1n) is 7.60. The summed E-state index contributed by atoms with van der Waals surface area (Å²) in [4.78, 5) is 0. The Hall–Kier alpha value is -1.60. The van der Waals surface area contributed by atoms with Crippen LogP contribution in [0.25, 0.3) is 0 Å². The molecule has 1 heteroatoms. The molecule has 0 saturated carbocycles. The topological polar surface area (TPSA) is 12.0 Å². The third-order valence-corrected chi connectivity index (χ3v) is 4.37. The Morgan fingerprint density at radius 2 is 1.35 bits per heavy atom. The van der Waals surface area contributed by atoms with Crippen LogP contribution < -0.4 is 5.32 Å². The Balaban J connectivity index is 1.98. The van der Waals surface area contributed by atoms with E-state index in [-0.39, 0.29) is 0 Å². The maximum atomic E-state index is 3.68. The summed E-state index contributed by atoms with van der Waals surface area (Å²) >= 11 is 0. The van der Waals surface area contributed by atoms with Gasteiger partial charge in [-0.15, -0.1) is 0 Å². The predicted molar refractivity (Wildman–Crippen MR) is 85.2 cm³/mol. The van der Waals surface area contributed by atoms with Crippen molar-refractivity contribution in [1.29, 1.82) is 0 Å². The first kappa shape index (κ1) is 13.4. The largest absolute Gasteiger partial charge is 0.313 e. The quantitative estimate of drug-likeness (QED) is 0.877. The highest BCUT2D eigenvalue weighted by atomic mass is 14.9. The molecule has 1 saturated heterocycles. The number of hydrogen-bond acceptors (Lipinski definition) is 1. The molecule has 1 aliphatic rings. The van der Waals surface area contributed by atoms with Crippen LogP contribution in [0.1, 0.15) is 41.0 Å². The smallest absolute Gasteiger partial charge is 0.0243 e. The van der Waals surface area contributed by atoms with E-state index < -0.39 is 0 Å². The molecule has 1 N–H and O–H groups in total. The molecule has 20 heavy (non-hydrogen) atoms. The van der Waals surface area contributed by atoms with Crippen LogP contribution in [0.5, 0.6) is 0 Å². The summed E-state index contributed by atoms with van der Waals surface area (Å²) in [6.07, 6.45) is 2.56. The number of aryl methyl sites for hydroxylation is 2. The normalized spacial score (nSPS) is 18.6. The van der Waals surface area contributed by atoms with Crippen molar-refractivity contribution in [2.75, 3.05) is 6.54 Å². The first-order chi connectivity index (χ1) is 9.74. The van der Waals surface area contributed by atoms with Crippen LogP contribution in [-0.2, 0) is 0 Å². The van der Waals surface area contributed by atoms with Crippen LogP contribution >= 0.6 is 0 Å². The Labute approximate surface area is 122 Å². The van der Waals surface area contributed by atoms with Crippen molar-refractivity contribution in [2.24, 2.45) is 0 Å². The van der Waals surface area contributed by atoms with E-state index in [0.29, 0.717) is 12.0 Å². The number of rotatable bonds is 3. The maximum Gasteiger partial charge on any atom is 0.0243 e. The van der Waals surface area contributed by atoms with Crippen molar-refractivity contribution in [3.05, 3.63) is 70.8 Å². The fourth-order valence-electron chi connectivity index (χ4n) is 3.20. The first-order valence-corrected chi connectivity index (χ1v) is 7.60. The van der Waals surface area contributed by atoms with Crippen LogP contribution in [-0.4, -0.2) is 12.6 Å². The molecule has 0 bridgehead atoms. The SMILES string of the molecule is Cc1ccc(C(c2ccc(C)cc2)C2CCCN2)cc1. The lowest BCUT2D eigenvalue weighted by molar-refractivity contribution is 0.540. The van der Waals surface area contributed by atoms with E-state index in [9.17, 15) is 0 Å². The Bertz CT molecular complexity index is 502. The highest BCUT2D eigenvalue weighted by Crippen LogP contribution is 2.32. The van der Waals surface area contributed by atoms with E-state index in [2.05, 4.69) is 67.7 Å². The Kier molecular flexibility index (Phi) is 3.88. The maximum absolute atomic E-state index is 3.68. The van der Waals surface area contributed by atoms with Gasteiger partial charge in [-0.2, -0.15) is 0 Å². The highest BCUT2D eigenvalue weighted by molar-refractivity contribution is 5.37. The number of benzene rings is 2. The molecule has 1 atom stereocenters. The molecule has 0 spiro atoms. The van der Waals surface area contributed by atoms with Crippen LogP contribution in [0.15, 0.2) is 48.5 Å². The van der Waals surface area contributed by atoms with Gasteiger partial charge < -0.3 is 5.32 Å². The van der Waals surface area contributed by atoms with Gasteiger partial charge in [-0.3, -0.25) is 0 Å². The molecule has 1 unspecified atom stereocenters. The monoisotopic (exact) mass is 265 g/mol. The van der Waals surface area contributed by atoms with Crippen molar-refractivity contribution < 1.29 is 0 Å². The molecular weight excluding hydrogens is 242 g/mol. The number of nitrogens with one attached hydrogen (secondary N) is 1. The molecule has 0 aromatic heterocycles. The molecule has 2 aromatic rings. The van der Waals surface area contributed by atoms with Gasteiger partial charge in [0.25, 0.3) is 0 Å². The van der Waals surface area contributed by atoms with Crippen molar-refractivity contribution in [1.82, 2.24) is 5.32 Å². The van der Waals surface area contributed by atoms with E-state index in [4.69, 9.17) is 0 Å². The standard InChI is InChI=1S/C19H23N/c1-14-5-9-16(10-6-14)19(18-4-3-13-20-18)17-11-7-15(2)8-12-17/h5-12,18-20H,3-4,13H2,1-2H3. The van der Waals surface area contributed by atoms with E-state index >= 15 is 0 Å². The summed E-state index contributed by atoms with van der Waals surface area (Å²) < 4.78 is 0. The van der Waals surface area contributed by atoms with Crippen LogP contribution in [0.3, 0.4) is 0 Å². The third-order valence-electron chi connectivity index (χ3n) is 4.37. The minimum atomic E-state index is 0.471. The minimum Gasteiger partial charge on any atom is -0.313 e. The van der Waals surface area contributed by atoms with E-state index in [1.807, 2.05) is 0 Å². The lowest BCUT2D eigenvalue weighted by Gasteiger charge is -2.25. The zero-order chi connectivity index (χ0) is 13.9. The second-order valence-electron chi connectivity index (χ2n) is 6.00. The Morgan fingerprint density at radius 3 is 1.75 bits per heavy atom. The molecule has 1 heterocycles. The summed E-state index contributed by atoms with van der Waals surface area (Å²) in [7, 11) is 0. The van der Waals surface area contributed by atoms with Gasteiger partial charge in [0.2, 0.25) is 0 Å². The summed E-state index contributed by atoms with van der Waals surface area (Å²) in [6, 6.07) is 18.6. The molecule has 104 valence electrons. The third kappa shape index (κ3) is 2.78. The molecular formula is C19H23N. The van der Waals surface area contributed by atoms with Gasteiger partial charge in [-0.05, 0) is 44.4 Å². The van der Waals surface area contributed by atoms with E-state index in [1.54, 1.807) is 0 Å². The summed E-state index contributed by atoms with van der Waals surface area (Å²) in [5, 5.41) is 3.68. The van der Waals surface area contributed by atoms with Gasteiger partial charge in [-0.25, -0.2) is 0 Å². The fourth-order valence-corrected chi connectivity index (χ4v) is 3.20. The van der Waals surface area contributed by atoms with Crippen LogP contribution in [0, 0.1) is 13.8 Å². The molecule has 2 aromatic carbocycles. The van der Waals surface area contributed by atoms with Crippen molar-refractivity contribution >= 4 is 0 Å². The minimum absolute atomic E-state index is 0.471. The highest BCUT2D eigenvalue weighted by Gasteiger charge is 2.27. The van der Waals surface area contributed by atoms with Crippen LogP contribution in [0.4, 0.5) is 0 Å². The predicted octanol–water partition coefficient (Wildman–Crippen LogP) is 4.19. The van der Waals surface area contributed by atoms with E-state index in [1.165, 1.54) is 35.1 Å². The van der Waals surface area contributed by atoms with Crippen LogP contribution in [0.2, 0.25) is 0 Å². The van der Waals surface area contributed by atoms with Crippen molar-refractivity contribution in [2.45, 2.75) is 38.6 Å². The van der Waals surface area contributed by atoms with Gasteiger partial charge in [0.1, 0.15) is 0 Å². The van der Waals surface area contributed by atoms with Gasteiger partial charge in [0.15, 0.2) is 0 Å². The molecule has 1 aliphatic heterocycles. The van der Waals surface area contributed by atoms with Crippen molar-refractivity contribution in [3.63, 3.8) is 0 Å². The van der Waals surface area contributed by atoms with Gasteiger partial charge in [0.05, 0.1) is 0 Å². The lowest BCUT2D eigenvalue weighted by atomic mass is 9.84. The van der Waals surface area contributed by atoms with Crippen molar-refractivity contribution in [3.8, 4) is 0 Å². The average molecular weight is 265 g/mol. The Morgan fingerprint density at radius 1 is 0.850 bits per heavy atom. The summed E-state index contributed by atoms with van der Waals surface area (Å²) in [5.74, 6) is 0.471. The second kappa shape index (κ2) is 5.80. The molecule has 1 fully saturated rings. The van der Waals surface area contributed by atoms with E-state index in [0.717, 1.165) is 6.54 Å². The number of hydrogen-bond donors (Lipinski definition) is 1. The zero-order valence-electron chi connectivity index (χ0n) is 12.4. The van der Waals surface area contributed by atoms with Gasteiger partial charge >= 0.3 is 0 Å². The molecule has 1 nitrogen and oxygen atoms in total. The second-order valence-corrected chi connectivity index (χ2v) is 6.00. The molecule has 0 aliphatic carbocycles. The van der Waals surface area contributed by atoms with Gasteiger partial charge in [-0.1, -0.05) is 59.7 Å². The molecule has 0 amide bonds.